The lowest BCUT2D eigenvalue weighted by molar-refractivity contribution is -0.123. The van der Waals surface area contributed by atoms with Crippen molar-refractivity contribution in [2.75, 3.05) is 0 Å². The van der Waals surface area contributed by atoms with Gasteiger partial charge in [0.1, 0.15) is 6.04 Å². The molecule has 2 aromatic rings. The van der Waals surface area contributed by atoms with Crippen molar-refractivity contribution in [3.63, 3.8) is 0 Å². The molecule has 2 aromatic carbocycles. The molecule has 0 radical (unpaired) electrons. The summed E-state index contributed by atoms with van der Waals surface area (Å²) < 4.78 is 0. The highest BCUT2D eigenvalue weighted by molar-refractivity contribution is 6.30. The van der Waals surface area contributed by atoms with Gasteiger partial charge in [-0.1, -0.05) is 67.9 Å². The summed E-state index contributed by atoms with van der Waals surface area (Å²) in [5.74, 6) is 0.384. The van der Waals surface area contributed by atoms with E-state index in [0.29, 0.717) is 12.0 Å². The highest BCUT2D eigenvalue weighted by Gasteiger charge is 2.30. The summed E-state index contributed by atoms with van der Waals surface area (Å²) >= 11 is 6.03. The fraction of sp³-hybridized carbons (Fsp3) is 0.381. The minimum absolute atomic E-state index is 0.0494. The van der Waals surface area contributed by atoms with E-state index in [1.807, 2.05) is 54.6 Å². The van der Waals surface area contributed by atoms with Crippen LogP contribution < -0.4 is 10.6 Å². The second-order valence-electron chi connectivity index (χ2n) is 7.07. The highest BCUT2D eigenvalue weighted by Crippen LogP contribution is 2.28. The van der Waals surface area contributed by atoms with E-state index in [-0.39, 0.29) is 18.0 Å². The maximum Gasteiger partial charge on any atom is 0.241 e. The maximum atomic E-state index is 12.8. The second kappa shape index (κ2) is 8.03. The number of nitrogens with one attached hydrogen (secondary N) is 2. The standard InChI is InChI=1S/C21H25ClN2O/c1-14(2)19(16-8-10-17(22)11-9-16)24-20(15-6-4-3-5-7-15)21(25)23-18-12-13-18/h3-11,14,18-20,24H,12-13H2,1-2H3,(H,23,25)/t19-,20-/m1/s1. The van der Waals surface area contributed by atoms with Crippen LogP contribution in [0.15, 0.2) is 54.6 Å². The van der Waals surface area contributed by atoms with E-state index in [9.17, 15) is 4.79 Å². The van der Waals surface area contributed by atoms with E-state index >= 15 is 0 Å². The third-order valence-electron chi connectivity index (χ3n) is 4.56. The molecular formula is C21H25ClN2O. The Hall–Kier alpha value is -1.84. The Labute approximate surface area is 154 Å². The van der Waals surface area contributed by atoms with Crippen LogP contribution in [0, 0.1) is 5.92 Å². The van der Waals surface area contributed by atoms with Crippen LogP contribution in [0.1, 0.15) is 49.9 Å². The van der Waals surface area contributed by atoms with Gasteiger partial charge in [0.05, 0.1) is 0 Å². The van der Waals surface area contributed by atoms with Gasteiger partial charge in [-0.05, 0) is 42.0 Å². The zero-order valence-corrected chi connectivity index (χ0v) is 15.5. The van der Waals surface area contributed by atoms with Gasteiger partial charge in [0.15, 0.2) is 0 Å². The van der Waals surface area contributed by atoms with Crippen LogP contribution in [0.3, 0.4) is 0 Å². The number of rotatable bonds is 7. The van der Waals surface area contributed by atoms with Gasteiger partial charge in [-0.15, -0.1) is 0 Å². The van der Waals surface area contributed by atoms with Gasteiger partial charge in [-0.2, -0.15) is 0 Å². The fourth-order valence-electron chi connectivity index (χ4n) is 3.00. The zero-order valence-electron chi connectivity index (χ0n) is 14.7. The second-order valence-corrected chi connectivity index (χ2v) is 7.50. The molecule has 4 heteroatoms. The smallest absolute Gasteiger partial charge is 0.241 e. The van der Waals surface area contributed by atoms with E-state index in [1.165, 1.54) is 0 Å². The SMILES string of the molecule is CC(C)[C@@H](N[C@@H](C(=O)NC1CC1)c1ccccc1)c1ccc(Cl)cc1. The van der Waals surface area contributed by atoms with Gasteiger partial charge < -0.3 is 5.32 Å². The lowest BCUT2D eigenvalue weighted by Gasteiger charge is -2.29. The molecule has 1 fully saturated rings. The maximum absolute atomic E-state index is 12.8. The van der Waals surface area contributed by atoms with Gasteiger partial charge in [-0.25, -0.2) is 0 Å². The predicted octanol–water partition coefficient (Wildman–Crippen LogP) is 4.65. The van der Waals surface area contributed by atoms with Crippen LogP contribution in [-0.4, -0.2) is 11.9 Å². The lowest BCUT2D eigenvalue weighted by atomic mass is 9.93. The molecule has 3 nitrogen and oxygen atoms in total. The van der Waals surface area contributed by atoms with Crippen molar-refractivity contribution in [2.24, 2.45) is 5.92 Å². The molecule has 0 aromatic heterocycles. The Kier molecular flexibility index (Phi) is 5.77. The van der Waals surface area contributed by atoms with E-state index < -0.39 is 0 Å². The van der Waals surface area contributed by atoms with Gasteiger partial charge in [-0.3, -0.25) is 10.1 Å². The molecule has 2 N–H and O–H groups in total. The number of benzene rings is 2. The van der Waals surface area contributed by atoms with Crippen molar-refractivity contribution in [1.82, 2.24) is 10.6 Å². The molecule has 132 valence electrons. The number of halogens is 1. The molecule has 25 heavy (non-hydrogen) atoms. The number of hydrogen-bond acceptors (Lipinski definition) is 2. The molecule has 3 rings (SSSR count). The third kappa shape index (κ3) is 4.83. The quantitative estimate of drug-likeness (QED) is 0.758. The van der Waals surface area contributed by atoms with Crippen molar-refractivity contribution >= 4 is 17.5 Å². The van der Waals surface area contributed by atoms with Gasteiger partial charge >= 0.3 is 0 Å². The van der Waals surface area contributed by atoms with E-state index in [0.717, 1.165) is 29.0 Å². The van der Waals surface area contributed by atoms with E-state index in [1.54, 1.807) is 0 Å². The Morgan fingerprint density at radius 3 is 2.20 bits per heavy atom. The Morgan fingerprint density at radius 2 is 1.64 bits per heavy atom. The highest BCUT2D eigenvalue weighted by atomic mass is 35.5. The number of carbonyl (C=O) groups excluding carboxylic acids is 1. The normalized spacial score (nSPS) is 16.5. The molecule has 0 spiro atoms. The van der Waals surface area contributed by atoms with Crippen LogP contribution in [0.25, 0.3) is 0 Å². The van der Waals surface area contributed by atoms with Crippen molar-refractivity contribution in [3.8, 4) is 0 Å². The van der Waals surface area contributed by atoms with Gasteiger partial charge in [0, 0.05) is 17.1 Å². The molecule has 0 unspecified atom stereocenters. The zero-order chi connectivity index (χ0) is 17.8. The van der Waals surface area contributed by atoms with Crippen molar-refractivity contribution in [1.29, 1.82) is 0 Å². The summed E-state index contributed by atoms with van der Waals surface area (Å²) in [5.41, 5.74) is 2.12. The van der Waals surface area contributed by atoms with Crippen molar-refractivity contribution < 1.29 is 4.79 Å². The first-order valence-electron chi connectivity index (χ1n) is 8.91. The predicted molar refractivity (Wildman–Crippen MR) is 103 cm³/mol. The Balaban J connectivity index is 1.85. The van der Waals surface area contributed by atoms with Crippen LogP contribution in [0.2, 0.25) is 5.02 Å². The first-order chi connectivity index (χ1) is 12.0. The fourth-order valence-corrected chi connectivity index (χ4v) is 3.13. The average Bonchev–Trinajstić information content (AvgIpc) is 3.41. The largest absolute Gasteiger partial charge is 0.352 e. The molecule has 1 aliphatic rings. The van der Waals surface area contributed by atoms with Crippen LogP contribution in [0.4, 0.5) is 0 Å². The third-order valence-corrected chi connectivity index (χ3v) is 4.81. The minimum atomic E-state index is -0.370. The summed E-state index contributed by atoms with van der Waals surface area (Å²) in [4.78, 5) is 12.8. The molecule has 1 amide bonds. The lowest BCUT2D eigenvalue weighted by Crippen LogP contribution is -2.41. The average molecular weight is 357 g/mol. The monoisotopic (exact) mass is 356 g/mol. The van der Waals surface area contributed by atoms with Crippen molar-refractivity contribution in [3.05, 3.63) is 70.7 Å². The van der Waals surface area contributed by atoms with Crippen LogP contribution in [-0.2, 0) is 4.79 Å². The summed E-state index contributed by atoms with van der Waals surface area (Å²) in [5, 5.41) is 7.44. The topological polar surface area (TPSA) is 41.1 Å². The van der Waals surface area contributed by atoms with E-state index in [4.69, 9.17) is 11.6 Å². The van der Waals surface area contributed by atoms with Gasteiger partial charge in [0.2, 0.25) is 5.91 Å². The van der Waals surface area contributed by atoms with Crippen molar-refractivity contribution in [2.45, 2.75) is 44.8 Å². The number of carbonyl (C=O) groups is 1. The summed E-state index contributed by atoms with van der Waals surface area (Å²) in [6.07, 6.45) is 2.16. The molecule has 0 aliphatic heterocycles. The summed E-state index contributed by atoms with van der Waals surface area (Å²) in [6, 6.07) is 17.8. The van der Waals surface area contributed by atoms with E-state index in [2.05, 4.69) is 24.5 Å². The number of hydrogen-bond donors (Lipinski definition) is 2. The Bertz CT molecular complexity index is 696. The molecule has 0 bridgehead atoms. The van der Waals surface area contributed by atoms with Crippen LogP contribution in [0.5, 0.6) is 0 Å². The summed E-state index contributed by atoms with van der Waals surface area (Å²) in [6.45, 7) is 4.32. The van der Waals surface area contributed by atoms with Gasteiger partial charge in [0.25, 0.3) is 0 Å². The molecule has 0 heterocycles. The molecular weight excluding hydrogens is 332 g/mol. The molecule has 1 saturated carbocycles. The number of amides is 1. The Morgan fingerprint density at radius 1 is 1.00 bits per heavy atom. The molecule has 0 saturated heterocycles. The minimum Gasteiger partial charge on any atom is -0.352 e. The van der Waals surface area contributed by atoms with Crippen LogP contribution >= 0.6 is 11.6 Å². The first kappa shape index (κ1) is 18.0. The first-order valence-corrected chi connectivity index (χ1v) is 9.29. The molecule has 2 atom stereocenters. The molecule has 1 aliphatic carbocycles. The summed E-state index contributed by atoms with van der Waals surface area (Å²) in [7, 11) is 0.